The molecule has 6 heteroatoms. The van der Waals surface area contributed by atoms with E-state index in [9.17, 15) is 9.59 Å². The van der Waals surface area contributed by atoms with Gasteiger partial charge in [-0.2, -0.15) is 0 Å². The summed E-state index contributed by atoms with van der Waals surface area (Å²) >= 11 is 1.62. The topological polar surface area (TPSA) is 52.6 Å². The lowest BCUT2D eigenvalue weighted by Crippen LogP contribution is -2.28. The lowest BCUT2D eigenvalue weighted by molar-refractivity contribution is -0.123. The van der Waals surface area contributed by atoms with Gasteiger partial charge >= 0.3 is 0 Å². The molecule has 0 saturated carbocycles. The van der Waals surface area contributed by atoms with Crippen molar-refractivity contribution >= 4 is 40.6 Å². The third kappa shape index (κ3) is 4.33. The predicted octanol–water partition coefficient (Wildman–Crippen LogP) is 4.52. The molecule has 3 rings (SSSR count). The van der Waals surface area contributed by atoms with Crippen LogP contribution in [-0.2, 0) is 9.59 Å². The Labute approximate surface area is 171 Å². The molecule has 1 unspecified atom stereocenters. The summed E-state index contributed by atoms with van der Waals surface area (Å²) in [5, 5.41) is 2.87. The fourth-order valence-corrected chi connectivity index (χ4v) is 4.09. The number of rotatable bonds is 4. The largest absolute Gasteiger partial charge is 0.378 e. The van der Waals surface area contributed by atoms with Crippen LogP contribution in [0.25, 0.3) is 0 Å². The molecule has 5 nitrogen and oxygen atoms in total. The molecule has 0 spiro atoms. The SMILES string of the molecule is CN(C)c1ccc(N2C(=O)CSC2c2ccc(NC(=O)C(C)(C)C)cc2)cc1. The van der Waals surface area contributed by atoms with Gasteiger partial charge in [-0.3, -0.25) is 14.5 Å². The van der Waals surface area contributed by atoms with E-state index in [0.717, 1.165) is 22.6 Å². The van der Waals surface area contributed by atoms with Crippen molar-refractivity contribution in [3.8, 4) is 0 Å². The molecule has 0 radical (unpaired) electrons. The molecule has 1 saturated heterocycles. The van der Waals surface area contributed by atoms with Crippen molar-refractivity contribution in [3.63, 3.8) is 0 Å². The van der Waals surface area contributed by atoms with Crippen molar-refractivity contribution in [3.05, 3.63) is 54.1 Å². The van der Waals surface area contributed by atoms with Crippen molar-refractivity contribution in [1.29, 1.82) is 0 Å². The predicted molar refractivity (Wildman–Crippen MR) is 118 cm³/mol. The molecule has 1 N–H and O–H groups in total. The second-order valence-electron chi connectivity index (χ2n) is 8.16. The number of hydrogen-bond acceptors (Lipinski definition) is 4. The van der Waals surface area contributed by atoms with Crippen molar-refractivity contribution < 1.29 is 9.59 Å². The van der Waals surface area contributed by atoms with E-state index < -0.39 is 5.41 Å². The van der Waals surface area contributed by atoms with E-state index in [1.165, 1.54) is 0 Å². The van der Waals surface area contributed by atoms with Gasteiger partial charge in [0.25, 0.3) is 0 Å². The maximum Gasteiger partial charge on any atom is 0.238 e. The molecule has 2 amide bonds. The second kappa shape index (κ2) is 7.87. The third-order valence-corrected chi connectivity index (χ3v) is 5.86. The first-order valence-corrected chi connectivity index (χ1v) is 10.3. The first-order chi connectivity index (χ1) is 13.2. The van der Waals surface area contributed by atoms with E-state index >= 15 is 0 Å². The maximum atomic E-state index is 12.5. The maximum absolute atomic E-state index is 12.5. The van der Waals surface area contributed by atoms with Gasteiger partial charge in [-0.15, -0.1) is 11.8 Å². The smallest absolute Gasteiger partial charge is 0.238 e. The van der Waals surface area contributed by atoms with Crippen LogP contribution >= 0.6 is 11.8 Å². The van der Waals surface area contributed by atoms with Crippen LogP contribution in [0.3, 0.4) is 0 Å². The van der Waals surface area contributed by atoms with E-state index in [2.05, 4.69) is 5.32 Å². The van der Waals surface area contributed by atoms with Crippen LogP contribution in [0.1, 0.15) is 31.7 Å². The van der Waals surface area contributed by atoms with Crippen LogP contribution in [0.2, 0.25) is 0 Å². The highest BCUT2D eigenvalue weighted by atomic mass is 32.2. The standard InChI is InChI=1S/C22H27N3O2S/c1-22(2,3)21(27)23-16-8-6-15(7-9-16)20-25(19(26)14-28-20)18-12-10-17(11-13-18)24(4)5/h6-13,20H,14H2,1-5H3,(H,23,27). The molecular weight excluding hydrogens is 370 g/mol. The minimum atomic E-state index is -0.443. The van der Waals surface area contributed by atoms with Crippen molar-refractivity contribution in [2.45, 2.75) is 26.1 Å². The van der Waals surface area contributed by atoms with Crippen molar-refractivity contribution in [2.24, 2.45) is 5.41 Å². The van der Waals surface area contributed by atoms with Gasteiger partial charge in [-0.25, -0.2) is 0 Å². The highest BCUT2D eigenvalue weighted by molar-refractivity contribution is 8.00. The first kappa shape index (κ1) is 20.3. The highest BCUT2D eigenvalue weighted by Crippen LogP contribution is 2.42. The Kier molecular flexibility index (Phi) is 5.70. The molecule has 1 fully saturated rings. The Morgan fingerprint density at radius 2 is 1.68 bits per heavy atom. The number of carbonyl (C=O) groups excluding carboxylic acids is 2. The van der Waals surface area contributed by atoms with Crippen LogP contribution in [-0.4, -0.2) is 31.7 Å². The fourth-order valence-electron chi connectivity index (χ4n) is 2.91. The second-order valence-corrected chi connectivity index (χ2v) is 9.23. The number of benzene rings is 2. The zero-order valence-corrected chi connectivity index (χ0v) is 17.8. The van der Waals surface area contributed by atoms with E-state index in [-0.39, 0.29) is 17.2 Å². The summed E-state index contributed by atoms with van der Waals surface area (Å²) in [6.45, 7) is 5.66. The lowest BCUT2D eigenvalue weighted by atomic mass is 9.95. The van der Waals surface area contributed by atoms with Crippen LogP contribution in [0.4, 0.5) is 17.1 Å². The number of anilines is 3. The van der Waals surface area contributed by atoms with Gasteiger partial charge in [-0.05, 0) is 42.0 Å². The first-order valence-electron chi connectivity index (χ1n) is 9.29. The number of hydrogen-bond donors (Lipinski definition) is 1. The minimum Gasteiger partial charge on any atom is -0.378 e. The Balaban J connectivity index is 1.80. The molecule has 1 atom stereocenters. The number of amides is 2. The van der Waals surface area contributed by atoms with Gasteiger partial charge in [-0.1, -0.05) is 32.9 Å². The lowest BCUT2D eigenvalue weighted by Gasteiger charge is -2.25. The van der Waals surface area contributed by atoms with Crippen LogP contribution in [0.5, 0.6) is 0 Å². The van der Waals surface area contributed by atoms with E-state index in [1.54, 1.807) is 11.8 Å². The summed E-state index contributed by atoms with van der Waals surface area (Å²) in [4.78, 5) is 28.6. The zero-order valence-electron chi connectivity index (χ0n) is 17.0. The molecule has 1 aliphatic rings. The molecule has 1 aliphatic heterocycles. The van der Waals surface area contributed by atoms with E-state index in [0.29, 0.717) is 5.75 Å². The Bertz CT molecular complexity index is 855. The highest BCUT2D eigenvalue weighted by Gasteiger charge is 2.34. The summed E-state index contributed by atoms with van der Waals surface area (Å²) in [5.41, 5.74) is 3.36. The quantitative estimate of drug-likeness (QED) is 0.824. The van der Waals surface area contributed by atoms with Crippen molar-refractivity contribution in [2.75, 3.05) is 35.0 Å². The molecule has 148 valence electrons. The number of nitrogens with one attached hydrogen (secondary N) is 1. The van der Waals surface area contributed by atoms with Gasteiger partial charge in [0.05, 0.1) is 5.75 Å². The van der Waals surface area contributed by atoms with E-state index in [4.69, 9.17) is 0 Å². The van der Waals surface area contributed by atoms with Gasteiger partial charge in [0.15, 0.2) is 0 Å². The monoisotopic (exact) mass is 397 g/mol. The molecule has 0 bridgehead atoms. The number of thioether (sulfide) groups is 1. The summed E-state index contributed by atoms with van der Waals surface area (Å²) in [6.07, 6.45) is 0. The summed E-state index contributed by atoms with van der Waals surface area (Å²) in [7, 11) is 3.99. The van der Waals surface area contributed by atoms with Gasteiger partial charge in [0.1, 0.15) is 5.37 Å². The summed E-state index contributed by atoms with van der Waals surface area (Å²) in [6, 6.07) is 15.8. The van der Waals surface area contributed by atoms with E-state index in [1.807, 2.05) is 93.2 Å². The molecule has 1 heterocycles. The van der Waals surface area contributed by atoms with Gasteiger partial charge in [0, 0.05) is 36.6 Å². The average Bonchev–Trinajstić information content (AvgIpc) is 3.03. The zero-order chi connectivity index (χ0) is 20.5. The molecule has 28 heavy (non-hydrogen) atoms. The van der Waals surface area contributed by atoms with Gasteiger partial charge < -0.3 is 10.2 Å². The minimum absolute atomic E-state index is 0.0201. The molecule has 2 aromatic carbocycles. The Hall–Kier alpha value is -2.47. The summed E-state index contributed by atoms with van der Waals surface area (Å²) in [5.74, 6) is 0.550. The number of carbonyl (C=O) groups is 2. The van der Waals surface area contributed by atoms with Crippen LogP contribution < -0.4 is 15.1 Å². The van der Waals surface area contributed by atoms with Crippen molar-refractivity contribution in [1.82, 2.24) is 0 Å². The molecule has 0 aromatic heterocycles. The van der Waals surface area contributed by atoms with Crippen LogP contribution in [0.15, 0.2) is 48.5 Å². The molecular formula is C22H27N3O2S. The molecule has 2 aromatic rings. The Morgan fingerprint density at radius 3 is 2.21 bits per heavy atom. The van der Waals surface area contributed by atoms with Gasteiger partial charge in [0.2, 0.25) is 11.8 Å². The average molecular weight is 398 g/mol. The Morgan fingerprint density at radius 1 is 1.07 bits per heavy atom. The third-order valence-electron chi connectivity index (χ3n) is 4.65. The molecule has 0 aliphatic carbocycles. The van der Waals surface area contributed by atoms with Crippen LogP contribution in [0, 0.1) is 5.41 Å². The number of nitrogens with zero attached hydrogens (tertiary/aromatic N) is 2. The summed E-state index contributed by atoms with van der Waals surface area (Å²) < 4.78 is 0. The fraction of sp³-hybridized carbons (Fsp3) is 0.364. The normalized spacial score (nSPS) is 17.0.